The van der Waals surface area contributed by atoms with Crippen molar-refractivity contribution in [2.24, 2.45) is 28.6 Å². The Morgan fingerprint density at radius 2 is 1.24 bits per heavy atom. The van der Waals surface area contributed by atoms with Crippen LogP contribution in [0.15, 0.2) is 45.8 Å². The number of ether oxygens (including phenoxy) is 4. The number of rotatable bonds is 13. The number of esters is 2. The van der Waals surface area contributed by atoms with Crippen LogP contribution in [0.25, 0.3) is 21.8 Å². The van der Waals surface area contributed by atoms with Gasteiger partial charge in [-0.05, 0) is 119 Å². The fourth-order valence-electron chi connectivity index (χ4n) is 15.7. The summed E-state index contributed by atoms with van der Waals surface area (Å²) in [6.45, 7) is 10.1. The Morgan fingerprint density at radius 3 is 1.71 bits per heavy atom. The molecule has 12 rings (SSSR count). The number of anilines is 2. The first-order valence-corrected chi connectivity index (χ1v) is 28.5. The van der Waals surface area contributed by atoms with Crippen molar-refractivity contribution in [3.63, 3.8) is 0 Å². The zero-order chi connectivity index (χ0) is 55.6. The van der Waals surface area contributed by atoms with E-state index in [9.17, 15) is 34.2 Å². The van der Waals surface area contributed by atoms with E-state index in [1.165, 1.54) is 26.6 Å². The standard InChI is InChI=1S/C60H73F2N6O11/c1-31-25-65(19-17-63-31)50-44(61)22-39-48(54(50)76-5)67(35-8-9-35)27-41(52(39)71)56(73)78-29-34(60(75)16-14-43-38-12-7-33-21-37(69)13-15-58(33,3)47(38)46(70)24-59(43,60)4)30-79-57(74)42-28-68(36-10-11-36)49-40(53(42)72)23-45(62)51(55(49)77-6)66-20-18-64-32(2)26-66/h21-23,27-28,31-32,35-36,38,43,46-47,63-64,70,75H,7-20,24-26,29-30H2,1-6H3/t31?,32?,38-,43-,46-,47?,58-,59-,60+/m1/s1. The number of hydrogen-bond acceptors (Lipinski definition) is 15. The Morgan fingerprint density at radius 1 is 0.734 bits per heavy atom. The summed E-state index contributed by atoms with van der Waals surface area (Å²) in [6, 6.07) is 2.24. The van der Waals surface area contributed by atoms with Crippen molar-refractivity contribution in [1.29, 1.82) is 0 Å². The monoisotopic (exact) mass is 1090 g/mol. The number of nitrogens with zero attached hydrogens (tertiary/aromatic N) is 4. The van der Waals surface area contributed by atoms with E-state index >= 15 is 8.78 Å². The summed E-state index contributed by atoms with van der Waals surface area (Å²) in [5.74, 6) is -3.22. The van der Waals surface area contributed by atoms with E-state index in [1.807, 2.05) is 30.6 Å². The van der Waals surface area contributed by atoms with Gasteiger partial charge in [0.1, 0.15) is 35.7 Å². The van der Waals surface area contributed by atoms with Gasteiger partial charge in [-0.1, -0.05) is 19.4 Å². The van der Waals surface area contributed by atoms with Gasteiger partial charge in [0, 0.05) is 87.7 Å². The number of nitrogens with one attached hydrogen (secondary N) is 2. The minimum atomic E-state index is -1.82. The van der Waals surface area contributed by atoms with Crippen molar-refractivity contribution in [3.8, 4) is 11.5 Å². The number of methoxy groups -OCH3 is 2. The van der Waals surface area contributed by atoms with Crippen LogP contribution in [0.2, 0.25) is 0 Å². The summed E-state index contributed by atoms with van der Waals surface area (Å²) >= 11 is 0. The van der Waals surface area contributed by atoms with Crippen LogP contribution in [0.1, 0.15) is 131 Å². The highest BCUT2D eigenvalue weighted by atomic mass is 19.1. The topological polar surface area (TPSA) is 203 Å². The van der Waals surface area contributed by atoms with E-state index in [0.717, 1.165) is 43.4 Å². The van der Waals surface area contributed by atoms with Crippen molar-refractivity contribution in [1.82, 2.24) is 19.8 Å². The molecule has 0 spiro atoms. The van der Waals surface area contributed by atoms with E-state index in [4.69, 9.17) is 18.9 Å². The minimum absolute atomic E-state index is 0.0396. The molecule has 4 aromatic rings. The van der Waals surface area contributed by atoms with E-state index < -0.39 is 70.2 Å². The zero-order valence-electron chi connectivity index (χ0n) is 46.1. The minimum Gasteiger partial charge on any atom is -0.492 e. The van der Waals surface area contributed by atoms with Crippen molar-refractivity contribution >= 4 is 50.9 Å². The third-order valence-corrected chi connectivity index (χ3v) is 19.9. The molecule has 19 heteroatoms. The number of pyridine rings is 2. The quantitative estimate of drug-likeness (QED) is 0.103. The molecule has 2 aliphatic heterocycles. The SMILES string of the molecule is COc1c(N2CCNC(C)C2)c(F)cc2c(=O)c(C(=O)OC[C](COC(=O)c3cn(C4CC4)c4c(OC)c(N5CCNC(C)C5)c(F)cc4c3=O)[C@@]3(O)CC[C@@H]4[C@H]5CCC6=CC(=O)CC[C@@]6(C)C5[C@H](O)C[C@]43C)cn(C3CC3)c12. The average molecular weight is 1090 g/mol. The maximum atomic E-state index is 16.5. The summed E-state index contributed by atoms with van der Waals surface area (Å²) in [5.41, 5.74) is -3.28. The van der Waals surface area contributed by atoms with Crippen LogP contribution in [0.4, 0.5) is 20.2 Å². The lowest BCUT2D eigenvalue weighted by Crippen LogP contribution is -2.62. The molecule has 5 saturated carbocycles. The molecular formula is C60H73F2N6O11. The molecule has 17 nitrogen and oxygen atoms in total. The Hall–Kier alpha value is -5.89. The highest BCUT2D eigenvalue weighted by Gasteiger charge is 2.68. The number of aromatic nitrogens is 2. The molecule has 7 fully saturated rings. The summed E-state index contributed by atoms with van der Waals surface area (Å²) < 4.78 is 60.5. The van der Waals surface area contributed by atoms with Gasteiger partial charge in [0.15, 0.2) is 28.9 Å². The zero-order valence-corrected chi connectivity index (χ0v) is 46.1. The van der Waals surface area contributed by atoms with Crippen molar-refractivity contribution in [3.05, 3.63) is 85.3 Å². The molecule has 8 aliphatic rings. The molecule has 2 aromatic carbocycles. The maximum Gasteiger partial charge on any atom is 0.343 e. The Balaban J connectivity index is 0.895. The van der Waals surface area contributed by atoms with Crippen molar-refractivity contribution in [2.75, 3.05) is 76.5 Å². The van der Waals surface area contributed by atoms with Crippen molar-refractivity contribution < 1.29 is 52.3 Å². The molecule has 4 heterocycles. The lowest BCUT2D eigenvalue weighted by molar-refractivity contribution is -0.170. The summed E-state index contributed by atoms with van der Waals surface area (Å²) in [6.07, 6.45) is 9.94. The normalized spacial score (nSPS) is 30.7. The van der Waals surface area contributed by atoms with Crippen LogP contribution >= 0.6 is 0 Å². The number of fused-ring (bicyclic) bond motifs is 7. The first-order valence-electron chi connectivity index (χ1n) is 28.5. The number of halogens is 2. The Kier molecular flexibility index (Phi) is 13.6. The van der Waals surface area contributed by atoms with E-state index in [-0.39, 0.29) is 111 Å². The summed E-state index contributed by atoms with van der Waals surface area (Å²) in [7, 11) is 2.87. The number of benzene rings is 2. The predicted molar refractivity (Wildman–Crippen MR) is 292 cm³/mol. The van der Waals surface area contributed by atoms with Gasteiger partial charge >= 0.3 is 11.9 Å². The number of carbonyl (C=O) groups is 3. The second kappa shape index (κ2) is 20.0. The number of allylic oxidation sites excluding steroid dienone is 1. The van der Waals surface area contributed by atoms with Crippen LogP contribution in [-0.2, 0) is 14.3 Å². The van der Waals surface area contributed by atoms with Crippen LogP contribution < -0.4 is 40.8 Å². The second-order valence-corrected chi connectivity index (χ2v) is 24.6. The molecule has 0 bridgehead atoms. The molecule has 4 N–H and O–H groups in total. The first kappa shape index (κ1) is 53.7. The maximum absolute atomic E-state index is 16.5. The average Bonchev–Trinajstić information content (AvgIpc) is 4.51. The van der Waals surface area contributed by atoms with Gasteiger partial charge in [0.25, 0.3) is 0 Å². The lowest BCUT2D eigenvalue weighted by Gasteiger charge is -2.61. The summed E-state index contributed by atoms with van der Waals surface area (Å²) in [4.78, 5) is 74.9. The van der Waals surface area contributed by atoms with Gasteiger partial charge in [0.05, 0.1) is 53.6 Å². The second-order valence-electron chi connectivity index (χ2n) is 24.6. The molecule has 0 amide bonds. The molecule has 3 unspecified atom stereocenters. The Labute approximate surface area is 457 Å². The largest absolute Gasteiger partial charge is 0.492 e. The molecule has 2 saturated heterocycles. The molecule has 2 aromatic heterocycles. The van der Waals surface area contributed by atoms with Gasteiger partial charge in [0.2, 0.25) is 10.9 Å². The van der Waals surface area contributed by atoms with Gasteiger partial charge in [-0.3, -0.25) is 14.4 Å². The van der Waals surface area contributed by atoms with Crippen LogP contribution in [-0.4, -0.2) is 128 Å². The molecule has 79 heavy (non-hydrogen) atoms. The van der Waals surface area contributed by atoms with Crippen LogP contribution in [0.3, 0.4) is 0 Å². The van der Waals surface area contributed by atoms with Gasteiger partial charge in [-0.2, -0.15) is 0 Å². The molecule has 9 atom stereocenters. The number of aliphatic hydroxyl groups is 2. The molecular weight excluding hydrogens is 1020 g/mol. The third kappa shape index (κ3) is 8.76. The van der Waals surface area contributed by atoms with E-state index in [1.54, 1.807) is 15.2 Å². The highest BCUT2D eigenvalue weighted by molar-refractivity contribution is 5.99. The molecule has 6 aliphatic carbocycles. The first-order chi connectivity index (χ1) is 37.8. The van der Waals surface area contributed by atoms with Crippen LogP contribution in [0.5, 0.6) is 11.5 Å². The smallest absolute Gasteiger partial charge is 0.343 e. The number of carbonyl (C=O) groups excluding carboxylic acids is 3. The highest BCUT2D eigenvalue weighted by Crippen LogP contribution is 2.69. The van der Waals surface area contributed by atoms with Gasteiger partial charge in [-0.25, -0.2) is 18.4 Å². The van der Waals surface area contributed by atoms with E-state index in [0.29, 0.717) is 82.4 Å². The number of hydrogen-bond donors (Lipinski definition) is 4. The third-order valence-electron chi connectivity index (χ3n) is 19.9. The van der Waals surface area contributed by atoms with Crippen molar-refractivity contribution in [2.45, 2.75) is 134 Å². The fraction of sp³-hybridized carbons (Fsp3) is 0.600. The molecule has 1 radical (unpaired) electrons. The predicted octanol–water partition coefficient (Wildman–Crippen LogP) is 6.70. The van der Waals surface area contributed by atoms with Crippen LogP contribution in [0, 0.1) is 46.1 Å². The fourth-order valence-corrected chi connectivity index (χ4v) is 15.7. The molecule has 423 valence electrons. The lowest BCUT2D eigenvalue weighted by atomic mass is 9.45. The van der Waals surface area contributed by atoms with Gasteiger partial charge in [-0.15, -0.1) is 0 Å². The summed E-state index contributed by atoms with van der Waals surface area (Å²) in [5, 5.41) is 32.5. The number of ketones is 1. The number of aliphatic hydroxyl groups excluding tert-OH is 1. The Bertz CT molecular complexity index is 3170. The number of piperazine rings is 2. The van der Waals surface area contributed by atoms with E-state index in [2.05, 4.69) is 17.6 Å². The van der Waals surface area contributed by atoms with Gasteiger partial charge < -0.3 is 58.7 Å².